The van der Waals surface area contributed by atoms with Crippen LogP contribution in [0.3, 0.4) is 0 Å². The Morgan fingerprint density at radius 2 is 1.88 bits per heavy atom. The Labute approximate surface area is 153 Å². The van der Waals surface area contributed by atoms with Gasteiger partial charge in [0.1, 0.15) is 18.5 Å². The van der Waals surface area contributed by atoms with Crippen LogP contribution in [0.5, 0.6) is 0 Å². The second kappa shape index (κ2) is 11.1. The number of carbonyl (C=O) groups is 2. The molecule has 0 heterocycles. The molecule has 0 aliphatic heterocycles. The number of halogens is 2. The predicted octanol–water partition coefficient (Wildman–Crippen LogP) is 5.06. The lowest BCUT2D eigenvalue weighted by Crippen LogP contribution is -2.23. The van der Waals surface area contributed by atoms with Gasteiger partial charge in [0, 0.05) is 18.4 Å². The topological polar surface area (TPSA) is 52.6 Å². The van der Waals surface area contributed by atoms with Gasteiger partial charge >= 0.3 is 11.9 Å². The molecule has 25 heavy (non-hydrogen) atoms. The van der Waals surface area contributed by atoms with Crippen molar-refractivity contribution in [2.24, 2.45) is 5.92 Å². The van der Waals surface area contributed by atoms with Crippen molar-refractivity contribution in [3.8, 4) is 0 Å². The van der Waals surface area contributed by atoms with Crippen molar-refractivity contribution in [1.29, 1.82) is 0 Å². The molecule has 1 rings (SSSR count). The Morgan fingerprint density at radius 3 is 2.48 bits per heavy atom. The minimum Gasteiger partial charge on any atom is -0.462 e. The first-order valence-electron chi connectivity index (χ1n) is 8.63. The van der Waals surface area contributed by atoms with Gasteiger partial charge < -0.3 is 9.47 Å². The van der Waals surface area contributed by atoms with E-state index in [1.165, 1.54) is 18.2 Å². The monoisotopic (exact) mass is 372 g/mol. The van der Waals surface area contributed by atoms with Crippen LogP contribution < -0.4 is 0 Å². The van der Waals surface area contributed by atoms with Crippen LogP contribution in [0.25, 0.3) is 0 Å². The molecule has 0 aliphatic carbocycles. The fourth-order valence-corrected chi connectivity index (χ4v) is 2.53. The molecule has 1 aromatic carbocycles. The van der Waals surface area contributed by atoms with Gasteiger partial charge in [0.25, 0.3) is 0 Å². The maximum atomic E-state index is 13.6. The van der Waals surface area contributed by atoms with Gasteiger partial charge in [-0.15, -0.1) is 0 Å². The summed E-state index contributed by atoms with van der Waals surface area (Å²) in [6, 6.07) is 4.27. The van der Waals surface area contributed by atoms with Gasteiger partial charge in [0.15, 0.2) is 0 Å². The standard InChI is InChI=1S/C19H26ClFO4/c1-4-7-17(13(2)3)25-19(23)11-6-10-18(22)24-12-14-15(20)8-5-9-16(14)21/h5,8-9,13,17H,4,6-7,10-12H2,1-3H3. The number of hydrogen-bond acceptors (Lipinski definition) is 4. The average Bonchev–Trinajstić information content (AvgIpc) is 2.54. The molecule has 140 valence electrons. The van der Waals surface area contributed by atoms with E-state index in [-0.39, 0.29) is 48.0 Å². The lowest BCUT2D eigenvalue weighted by atomic mass is 10.0. The van der Waals surface area contributed by atoms with Crippen LogP contribution in [-0.4, -0.2) is 18.0 Å². The minimum absolute atomic E-state index is 0.0707. The molecule has 0 radical (unpaired) electrons. The van der Waals surface area contributed by atoms with E-state index in [9.17, 15) is 14.0 Å². The van der Waals surface area contributed by atoms with Gasteiger partial charge in [0.2, 0.25) is 0 Å². The molecule has 0 aliphatic rings. The van der Waals surface area contributed by atoms with E-state index in [1.807, 2.05) is 20.8 Å². The van der Waals surface area contributed by atoms with Crippen molar-refractivity contribution in [3.63, 3.8) is 0 Å². The van der Waals surface area contributed by atoms with Crippen molar-refractivity contribution in [1.82, 2.24) is 0 Å². The third kappa shape index (κ3) is 7.86. The molecule has 0 saturated heterocycles. The molecule has 0 amide bonds. The third-order valence-electron chi connectivity index (χ3n) is 3.80. The quantitative estimate of drug-likeness (QED) is 0.538. The molecule has 1 unspecified atom stereocenters. The highest BCUT2D eigenvalue weighted by Crippen LogP contribution is 2.20. The molecule has 0 saturated carbocycles. The molecule has 6 heteroatoms. The third-order valence-corrected chi connectivity index (χ3v) is 4.15. The van der Waals surface area contributed by atoms with E-state index in [4.69, 9.17) is 21.1 Å². The highest BCUT2D eigenvalue weighted by atomic mass is 35.5. The zero-order chi connectivity index (χ0) is 18.8. The molecule has 0 bridgehead atoms. The summed E-state index contributed by atoms with van der Waals surface area (Å²) < 4.78 is 24.0. The molecular weight excluding hydrogens is 347 g/mol. The first-order valence-corrected chi connectivity index (χ1v) is 9.00. The van der Waals surface area contributed by atoms with Crippen molar-refractivity contribution < 1.29 is 23.5 Å². The van der Waals surface area contributed by atoms with Crippen molar-refractivity contribution >= 4 is 23.5 Å². The van der Waals surface area contributed by atoms with Crippen LogP contribution in [-0.2, 0) is 25.7 Å². The predicted molar refractivity (Wildman–Crippen MR) is 94.7 cm³/mol. The van der Waals surface area contributed by atoms with E-state index in [0.717, 1.165) is 12.8 Å². The van der Waals surface area contributed by atoms with Crippen LogP contribution in [0.2, 0.25) is 5.02 Å². The minimum atomic E-state index is -0.514. The van der Waals surface area contributed by atoms with Gasteiger partial charge in [-0.05, 0) is 30.9 Å². The summed E-state index contributed by atoms with van der Waals surface area (Å²) in [6.45, 7) is 5.85. The lowest BCUT2D eigenvalue weighted by Gasteiger charge is -2.20. The highest BCUT2D eigenvalue weighted by molar-refractivity contribution is 6.31. The van der Waals surface area contributed by atoms with Crippen molar-refractivity contribution in [2.45, 2.75) is 65.6 Å². The molecule has 0 fully saturated rings. The lowest BCUT2D eigenvalue weighted by molar-refractivity contribution is -0.152. The van der Waals surface area contributed by atoms with Gasteiger partial charge in [0.05, 0.1) is 5.02 Å². The van der Waals surface area contributed by atoms with Crippen molar-refractivity contribution in [2.75, 3.05) is 0 Å². The first-order chi connectivity index (χ1) is 11.8. The van der Waals surface area contributed by atoms with Crippen LogP contribution in [0, 0.1) is 11.7 Å². The number of rotatable bonds is 10. The molecule has 4 nitrogen and oxygen atoms in total. The maximum absolute atomic E-state index is 13.6. The number of ether oxygens (including phenoxy) is 2. The largest absolute Gasteiger partial charge is 0.462 e. The van der Waals surface area contributed by atoms with Gasteiger partial charge in [-0.2, -0.15) is 0 Å². The van der Waals surface area contributed by atoms with Crippen LogP contribution >= 0.6 is 11.6 Å². The van der Waals surface area contributed by atoms with Crippen LogP contribution in [0.1, 0.15) is 58.4 Å². The first kappa shape index (κ1) is 21.4. The summed E-state index contributed by atoms with van der Waals surface area (Å²) >= 11 is 5.87. The Kier molecular flexibility index (Phi) is 9.50. The molecular formula is C19H26ClFO4. The fraction of sp³-hybridized carbons (Fsp3) is 0.579. The zero-order valence-corrected chi connectivity index (χ0v) is 15.8. The molecule has 0 spiro atoms. The number of hydrogen-bond donors (Lipinski definition) is 0. The summed E-state index contributed by atoms with van der Waals surface area (Å²) in [7, 11) is 0. The second-order valence-corrected chi connectivity index (χ2v) is 6.68. The number of benzene rings is 1. The van der Waals surface area contributed by atoms with E-state index >= 15 is 0 Å². The van der Waals surface area contributed by atoms with Crippen LogP contribution in [0.15, 0.2) is 18.2 Å². The van der Waals surface area contributed by atoms with Crippen LogP contribution in [0.4, 0.5) is 4.39 Å². The number of carbonyl (C=O) groups excluding carboxylic acids is 2. The summed E-state index contributed by atoms with van der Waals surface area (Å²) in [5, 5.41) is 0.215. The van der Waals surface area contributed by atoms with E-state index in [1.54, 1.807) is 0 Å². The van der Waals surface area contributed by atoms with Gasteiger partial charge in [-0.3, -0.25) is 9.59 Å². The fourth-order valence-electron chi connectivity index (χ4n) is 2.31. The highest BCUT2D eigenvalue weighted by Gasteiger charge is 2.17. The van der Waals surface area contributed by atoms with E-state index < -0.39 is 11.8 Å². The Morgan fingerprint density at radius 1 is 1.20 bits per heavy atom. The summed E-state index contributed by atoms with van der Waals surface area (Å²) in [5.41, 5.74) is 0.149. The van der Waals surface area contributed by atoms with E-state index in [0.29, 0.717) is 6.42 Å². The molecule has 0 N–H and O–H groups in total. The van der Waals surface area contributed by atoms with Gasteiger partial charge in [-0.1, -0.05) is 44.9 Å². The van der Waals surface area contributed by atoms with Crippen molar-refractivity contribution in [3.05, 3.63) is 34.6 Å². The summed E-state index contributed by atoms with van der Waals surface area (Å²) in [5.74, 6) is -1.06. The van der Waals surface area contributed by atoms with E-state index in [2.05, 4.69) is 0 Å². The number of esters is 2. The second-order valence-electron chi connectivity index (χ2n) is 6.28. The Balaban J connectivity index is 2.31. The Hall–Kier alpha value is -1.62. The Bertz CT molecular complexity index is 554. The average molecular weight is 373 g/mol. The zero-order valence-electron chi connectivity index (χ0n) is 15.0. The molecule has 1 atom stereocenters. The maximum Gasteiger partial charge on any atom is 0.306 e. The summed E-state index contributed by atoms with van der Waals surface area (Å²) in [4.78, 5) is 23.6. The SMILES string of the molecule is CCCC(OC(=O)CCCC(=O)OCc1c(F)cccc1Cl)C(C)C. The molecule has 0 aromatic heterocycles. The smallest absolute Gasteiger partial charge is 0.306 e. The summed E-state index contributed by atoms with van der Waals surface area (Å²) in [6.07, 6.45) is 2.24. The normalized spacial score (nSPS) is 12.1. The molecule has 1 aromatic rings. The van der Waals surface area contributed by atoms with Gasteiger partial charge in [-0.25, -0.2) is 4.39 Å².